The van der Waals surface area contributed by atoms with Gasteiger partial charge in [0.25, 0.3) is 11.6 Å². The molecular formula is C18H13N3O5. The van der Waals surface area contributed by atoms with Crippen molar-refractivity contribution in [2.75, 3.05) is 11.1 Å². The van der Waals surface area contributed by atoms with Crippen molar-refractivity contribution in [3.63, 3.8) is 0 Å². The van der Waals surface area contributed by atoms with Gasteiger partial charge in [-0.1, -0.05) is 30.8 Å². The zero-order valence-corrected chi connectivity index (χ0v) is 13.7. The molecule has 0 heterocycles. The second-order valence-electron chi connectivity index (χ2n) is 5.80. The van der Waals surface area contributed by atoms with Gasteiger partial charge in [0.1, 0.15) is 5.69 Å². The van der Waals surface area contributed by atoms with Gasteiger partial charge in [0.2, 0.25) is 0 Å². The van der Waals surface area contributed by atoms with Gasteiger partial charge in [0.15, 0.2) is 11.6 Å². The van der Waals surface area contributed by atoms with Crippen LogP contribution in [0.3, 0.4) is 0 Å². The summed E-state index contributed by atoms with van der Waals surface area (Å²) in [6, 6.07) is 7.07. The second kappa shape index (κ2) is 5.92. The number of nitro benzene ring substituents is 1. The number of amides is 1. The fourth-order valence-electron chi connectivity index (χ4n) is 2.78. The Hall–Kier alpha value is -3.81. The van der Waals surface area contributed by atoms with E-state index < -0.39 is 33.8 Å². The molecule has 3 rings (SSSR count). The number of carbonyl (C=O) groups is 3. The minimum absolute atomic E-state index is 0.106. The van der Waals surface area contributed by atoms with E-state index >= 15 is 0 Å². The maximum Gasteiger partial charge on any atom is 0.295 e. The standard InChI is InChI=1S/C18H13N3O5/c1-8(2)18(24)20-11-7-12(21(25)26)15(19)14-13(11)16(22)9-5-3-4-6-10(9)17(14)23/h3-7H,1,19H2,2H3,(H,20,24). The van der Waals surface area contributed by atoms with E-state index in [0.29, 0.717) is 0 Å². The first-order valence-electron chi connectivity index (χ1n) is 7.50. The van der Waals surface area contributed by atoms with Crippen LogP contribution in [0, 0.1) is 10.1 Å². The van der Waals surface area contributed by atoms with E-state index in [1.54, 1.807) is 12.1 Å². The second-order valence-corrected chi connectivity index (χ2v) is 5.80. The molecule has 0 aliphatic heterocycles. The van der Waals surface area contributed by atoms with E-state index in [4.69, 9.17) is 5.73 Å². The van der Waals surface area contributed by atoms with Crippen molar-refractivity contribution in [1.29, 1.82) is 0 Å². The van der Waals surface area contributed by atoms with Crippen molar-refractivity contribution in [2.45, 2.75) is 6.92 Å². The molecule has 0 bridgehead atoms. The van der Waals surface area contributed by atoms with Crippen molar-refractivity contribution in [2.24, 2.45) is 0 Å². The highest BCUT2D eigenvalue weighted by Crippen LogP contribution is 2.40. The summed E-state index contributed by atoms with van der Waals surface area (Å²) in [7, 11) is 0. The Kier molecular flexibility index (Phi) is 3.88. The number of nitro groups is 1. The molecule has 0 aromatic heterocycles. The van der Waals surface area contributed by atoms with Crippen LogP contribution in [0.25, 0.3) is 0 Å². The van der Waals surface area contributed by atoms with Gasteiger partial charge in [-0.25, -0.2) is 0 Å². The highest BCUT2D eigenvalue weighted by atomic mass is 16.6. The first-order chi connectivity index (χ1) is 12.2. The van der Waals surface area contributed by atoms with E-state index in [-0.39, 0.29) is 33.5 Å². The Morgan fingerprint density at radius 1 is 1.15 bits per heavy atom. The van der Waals surface area contributed by atoms with Gasteiger partial charge in [-0.2, -0.15) is 0 Å². The van der Waals surface area contributed by atoms with Crippen molar-refractivity contribution < 1.29 is 19.3 Å². The Balaban J connectivity index is 2.35. The molecule has 3 N–H and O–H groups in total. The highest BCUT2D eigenvalue weighted by Gasteiger charge is 2.37. The predicted octanol–water partition coefficient (Wildman–Crippen LogP) is 2.47. The number of carbonyl (C=O) groups excluding carboxylic acids is 3. The molecule has 130 valence electrons. The minimum atomic E-state index is -0.774. The van der Waals surface area contributed by atoms with Gasteiger partial charge in [-0.3, -0.25) is 24.5 Å². The molecule has 26 heavy (non-hydrogen) atoms. The topological polar surface area (TPSA) is 132 Å². The number of ketones is 2. The van der Waals surface area contributed by atoms with E-state index in [9.17, 15) is 24.5 Å². The number of fused-ring (bicyclic) bond motifs is 2. The van der Waals surface area contributed by atoms with Gasteiger partial charge in [0, 0.05) is 22.8 Å². The Bertz CT molecular complexity index is 1040. The monoisotopic (exact) mass is 351 g/mol. The van der Waals surface area contributed by atoms with E-state index in [2.05, 4.69) is 11.9 Å². The van der Waals surface area contributed by atoms with E-state index in [1.807, 2.05) is 0 Å². The summed E-state index contributed by atoms with van der Waals surface area (Å²) < 4.78 is 0. The SMILES string of the molecule is C=C(C)C(=O)Nc1cc([N+](=O)[O-])c(N)c2c1C(=O)c1ccccc1C2=O. The molecule has 0 saturated carbocycles. The lowest BCUT2D eigenvalue weighted by molar-refractivity contribution is -0.383. The summed E-state index contributed by atoms with van der Waals surface area (Å²) >= 11 is 0. The summed E-state index contributed by atoms with van der Waals surface area (Å²) in [6.07, 6.45) is 0. The van der Waals surface area contributed by atoms with Gasteiger partial charge in [-0.15, -0.1) is 0 Å². The number of benzene rings is 2. The molecule has 0 radical (unpaired) electrons. The maximum absolute atomic E-state index is 12.9. The lowest BCUT2D eigenvalue weighted by Crippen LogP contribution is -2.26. The maximum atomic E-state index is 12.9. The number of hydrogen-bond donors (Lipinski definition) is 2. The molecule has 0 spiro atoms. The third-order valence-electron chi connectivity index (χ3n) is 4.05. The fourth-order valence-corrected chi connectivity index (χ4v) is 2.78. The van der Waals surface area contributed by atoms with Crippen LogP contribution in [0.15, 0.2) is 42.5 Å². The van der Waals surface area contributed by atoms with Crippen LogP contribution in [0.1, 0.15) is 38.8 Å². The smallest absolute Gasteiger partial charge is 0.295 e. The number of hydrogen-bond acceptors (Lipinski definition) is 6. The highest BCUT2D eigenvalue weighted by molar-refractivity contribution is 6.33. The molecule has 2 aromatic rings. The fraction of sp³-hybridized carbons (Fsp3) is 0.0556. The lowest BCUT2D eigenvalue weighted by atomic mass is 9.82. The molecule has 0 saturated heterocycles. The number of nitrogens with two attached hydrogens (primary N) is 1. The Morgan fingerprint density at radius 3 is 2.19 bits per heavy atom. The summed E-state index contributed by atoms with van der Waals surface area (Å²) in [5.74, 6) is -1.79. The van der Waals surface area contributed by atoms with Gasteiger partial charge >= 0.3 is 0 Å². The molecule has 1 aliphatic carbocycles. The third kappa shape index (κ3) is 2.44. The summed E-state index contributed by atoms with van der Waals surface area (Å²) in [4.78, 5) is 48.3. The number of nitrogens with one attached hydrogen (secondary N) is 1. The van der Waals surface area contributed by atoms with Crippen LogP contribution in [-0.2, 0) is 4.79 Å². The van der Waals surface area contributed by atoms with Crippen LogP contribution >= 0.6 is 0 Å². The van der Waals surface area contributed by atoms with Crippen LogP contribution in [0.2, 0.25) is 0 Å². The average Bonchev–Trinajstić information content (AvgIpc) is 2.60. The van der Waals surface area contributed by atoms with Crippen LogP contribution in [0.4, 0.5) is 17.1 Å². The zero-order valence-electron chi connectivity index (χ0n) is 13.7. The molecule has 1 amide bonds. The van der Waals surface area contributed by atoms with Crippen molar-refractivity contribution in [3.8, 4) is 0 Å². The van der Waals surface area contributed by atoms with Crippen molar-refractivity contribution in [1.82, 2.24) is 0 Å². The number of nitrogen functional groups attached to an aromatic ring is 1. The Morgan fingerprint density at radius 2 is 1.69 bits per heavy atom. The lowest BCUT2D eigenvalue weighted by Gasteiger charge is -2.21. The molecule has 0 fully saturated rings. The molecule has 8 nitrogen and oxygen atoms in total. The van der Waals surface area contributed by atoms with Crippen molar-refractivity contribution >= 4 is 34.5 Å². The first kappa shape index (κ1) is 17.0. The van der Waals surface area contributed by atoms with Crippen LogP contribution in [0.5, 0.6) is 0 Å². The molecule has 0 atom stereocenters. The normalized spacial score (nSPS) is 12.2. The van der Waals surface area contributed by atoms with Gasteiger partial charge in [0.05, 0.1) is 21.7 Å². The summed E-state index contributed by atoms with van der Waals surface area (Å²) in [5.41, 5.74) is 4.64. The summed E-state index contributed by atoms with van der Waals surface area (Å²) in [6.45, 7) is 4.93. The Labute approximate surface area is 147 Å². The largest absolute Gasteiger partial charge is 0.393 e. The summed E-state index contributed by atoms with van der Waals surface area (Å²) in [5, 5.41) is 13.7. The number of rotatable bonds is 3. The van der Waals surface area contributed by atoms with E-state index in [0.717, 1.165) is 6.07 Å². The van der Waals surface area contributed by atoms with Crippen molar-refractivity contribution in [3.05, 3.63) is 74.9 Å². The van der Waals surface area contributed by atoms with E-state index in [1.165, 1.54) is 19.1 Å². The molecule has 0 unspecified atom stereocenters. The number of nitrogens with zero attached hydrogens (tertiary/aromatic N) is 1. The molecule has 1 aliphatic rings. The molecule has 2 aromatic carbocycles. The number of anilines is 2. The average molecular weight is 351 g/mol. The van der Waals surface area contributed by atoms with Gasteiger partial charge in [-0.05, 0) is 6.92 Å². The van der Waals surface area contributed by atoms with Gasteiger partial charge < -0.3 is 11.1 Å². The third-order valence-corrected chi connectivity index (χ3v) is 4.05. The molecular weight excluding hydrogens is 338 g/mol. The predicted molar refractivity (Wildman–Crippen MR) is 94.3 cm³/mol. The van der Waals surface area contributed by atoms with Crippen LogP contribution < -0.4 is 11.1 Å². The first-order valence-corrected chi connectivity index (χ1v) is 7.50. The molecule has 8 heteroatoms. The van der Waals surface area contributed by atoms with Crippen LogP contribution in [-0.4, -0.2) is 22.4 Å². The zero-order chi connectivity index (χ0) is 19.2. The minimum Gasteiger partial charge on any atom is -0.393 e. The quantitative estimate of drug-likeness (QED) is 0.322.